The van der Waals surface area contributed by atoms with Gasteiger partial charge < -0.3 is 4.74 Å². The third kappa shape index (κ3) is 3.22. The third-order valence-electron chi connectivity index (χ3n) is 3.15. The Balaban J connectivity index is 3.29. The minimum atomic E-state index is -1.20. The Labute approximate surface area is 115 Å². The lowest BCUT2D eigenvalue weighted by Crippen LogP contribution is -2.46. The van der Waals surface area contributed by atoms with Gasteiger partial charge in [0.1, 0.15) is 5.60 Å². The highest BCUT2D eigenvalue weighted by Gasteiger charge is 2.46. The zero-order chi connectivity index (χ0) is 14.7. The van der Waals surface area contributed by atoms with Gasteiger partial charge in [0.25, 0.3) is 0 Å². The van der Waals surface area contributed by atoms with Gasteiger partial charge in [0.05, 0.1) is 0 Å². The summed E-state index contributed by atoms with van der Waals surface area (Å²) in [5.41, 5.74) is -1.12. The molecule has 0 radical (unpaired) electrons. The number of ether oxygens (including phenoxy) is 1. The Bertz CT molecular complexity index is 457. The first kappa shape index (κ1) is 15.4. The summed E-state index contributed by atoms with van der Waals surface area (Å²) >= 11 is 0. The normalized spacial score (nSPS) is 14.6. The first-order chi connectivity index (χ1) is 8.74. The van der Waals surface area contributed by atoms with Crippen LogP contribution < -0.4 is 0 Å². The predicted molar refractivity (Wildman–Crippen MR) is 74.9 cm³/mol. The van der Waals surface area contributed by atoms with Crippen LogP contribution in [-0.4, -0.2) is 17.4 Å². The molecule has 3 heteroatoms. The quantitative estimate of drug-likeness (QED) is 0.618. The van der Waals surface area contributed by atoms with E-state index in [-0.39, 0.29) is 5.78 Å². The highest BCUT2D eigenvalue weighted by molar-refractivity contribution is 6.08. The van der Waals surface area contributed by atoms with Crippen LogP contribution >= 0.6 is 0 Å². The molecule has 0 aliphatic heterocycles. The van der Waals surface area contributed by atoms with Gasteiger partial charge in [-0.05, 0) is 39.7 Å². The smallest absolute Gasteiger partial charge is 0.324 e. The molecule has 0 spiro atoms. The van der Waals surface area contributed by atoms with Gasteiger partial charge in [0.15, 0.2) is 11.2 Å². The molecule has 1 rings (SSSR count). The van der Waals surface area contributed by atoms with E-state index in [0.29, 0.717) is 12.0 Å². The second-order valence-electron chi connectivity index (χ2n) is 5.68. The van der Waals surface area contributed by atoms with Crippen LogP contribution in [0.3, 0.4) is 0 Å². The molecule has 0 fully saturated rings. The van der Waals surface area contributed by atoms with Crippen molar-refractivity contribution in [1.29, 1.82) is 0 Å². The molecule has 0 aromatic heterocycles. The van der Waals surface area contributed by atoms with Gasteiger partial charge in [-0.2, -0.15) is 0 Å². The molecule has 0 aliphatic rings. The Morgan fingerprint density at radius 3 is 2.00 bits per heavy atom. The second-order valence-corrected chi connectivity index (χ2v) is 5.68. The Morgan fingerprint density at radius 1 is 1.11 bits per heavy atom. The topological polar surface area (TPSA) is 43.4 Å². The van der Waals surface area contributed by atoms with E-state index >= 15 is 0 Å². The molecule has 1 aromatic rings. The van der Waals surface area contributed by atoms with Crippen LogP contribution in [-0.2, 0) is 19.7 Å². The first-order valence-corrected chi connectivity index (χ1v) is 6.54. The van der Waals surface area contributed by atoms with Crippen molar-refractivity contribution in [2.75, 3.05) is 0 Å². The van der Waals surface area contributed by atoms with E-state index in [9.17, 15) is 9.59 Å². The maximum absolute atomic E-state index is 12.5. The van der Waals surface area contributed by atoms with E-state index in [1.807, 2.05) is 25.1 Å². The van der Waals surface area contributed by atoms with Gasteiger partial charge in [-0.25, -0.2) is 0 Å². The number of hydrogen-bond acceptors (Lipinski definition) is 3. The largest absolute Gasteiger partial charge is 0.459 e. The Kier molecular flexibility index (Phi) is 4.51. The zero-order valence-corrected chi connectivity index (χ0v) is 12.3. The fourth-order valence-corrected chi connectivity index (χ4v) is 2.15. The second kappa shape index (κ2) is 5.55. The predicted octanol–water partition coefficient (Wildman–Crippen LogP) is 3.27. The summed E-state index contributed by atoms with van der Waals surface area (Å²) in [5.74, 6) is -0.656. The highest BCUT2D eigenvalue weighted by atomic mass is 16.6. The summed E-state index contributed by atoms with van der Waals surface area (Å²) in [6.45, 7) is 8.68. The Morgan fingerprint density at radius 2 is 1.63 bits per heavy atom. The standard InChI is InChI=1S/C16H22O3/c1-6-16(12(2)17,13-10-8-7-9-11-13)14(18)19-15(3,4)5/h7-11H,6H2,1-5H3/t16-/m0/s1. The molecule has 104 valence electrons. The van der Waals surface area contributed by atoms with E-state index in [1.165, 1.54) is 6.92 Å². The van der Waals surface area contributed by atoms with E-state index in [1.54, 1.807) is 32.9 Å². The minimum absolute atomic E-state index is 0.185. The van der Waals surface area contributed by atoms with Crippen LogP contribution in [0, 0.1) is 0 Å². The lowest BCUT2D eigenvalue weighted by atomic mass is 9.75. The number of hydrogen-bond donors (Lipinski definition) is 0. The summed E-state index contributed by atoms with van der Waals surface area (Å²) < 4.78 is 5.45. The highest BCUT2D eigenvalue weighted by Crippen LogP contribution is 2.32. The monoisotopic (exact) mass is 262 g/mol. The van der Waals surface area contributed by atoms with Crippen molar-refractivity contribution in [3.05, 3.63) is 35.9 Å². The molecular formula is C16H22O3. The van der Waals surface area contributed by atoms with Gasteiger partial charge >= 0.3 is 5.97 Å². The molecule has 0 saturated heterocycles. The minimum Gasteiger partial charge on any atom is -0.459 e. The third-order valence-corrected chi connectivity index (χ3v) is 3.15. The first-order valence-electron chi connectivity index (χ1n) is 6.54. The molecule has 0 amide bonds. The summed E-state index contributed by atoms with van der Waals surface area (Å²) in [4.78, 5) is 24.6. The maximum Gasteiger partial charge on any atom is 0.324 e. The van der Waals surface area contributed by atoms with Gasteiger partial charge in [0.2, 0.25) is 0 Å². The van der Waals surface area contributed by atoms with Crippen molar-refractivity contribution in [3.63, 3.8) is 0 Å². The SMILES string of the molecule is CC[C@@](C(C)=O)(C(=O)OC(C)(C)C)c1ccccc1. The molecule has 19 heavy (non-hydrogen) atoms. The summed E-state index contributed by atoms with van der Waals surface area (Å²) in [7, 11) is 0. The molecule has 3 nitrogen and oxygen atoms in total. The average Bonchev–Trinajstić information content (AvgIpc) is 2.29. The molecule has 0 bridgehead atoms. The van der Waals surface area contributed by atoms with E-state index in [4.69, 9.17) is 4.74 Å². The maximum atomic E-state index is 12.5. The average molecular weight is 262 g/mol. The Hall–Kier alpha value is -1.64. The molecular weight excluding hydrogens is 240 g/mol. The molecule has 1 aromatic carbocycles. The van der Waals surface area contributed by atoms with Crippen molar-refractivity contribution in [1.82, 2.24) is 0 Å². The van der Waals surface area contributed by atoms with Gasteiger partial charge in [-0.1, -0.05) is 37.3 Å². The zero-order valence-electron chi connectivity index (χ0n) is 12.3. The number of carbonyl (C=O) groups is 2. The molecule has 0 unspecified atom stereocenters. The summed E-state index contributed by atoms with van der Waals surface area (Å²) in [6, 6.07) is 9.11. The molecule has 0 heterocycles. The van der Waals surface area contributed by atoms with E-state index in [0.717, 1.165) is 0 Å². The van der Waals surface area contributed by atoms with Crippen molar-refractivity contribution >= 4 is 11.8 Å². The number of carbonyl (C=O) groups excluding carboxylic acids is 2. The molecule has 0 aliphatic carbocycles. The van der Waals surface area contributed by atoms with Crippen molar-refractivity contribution in [2.45, 2.75) is 52.1 Å². The molecule has 1 atom stereocenters. The number of esters is 1. The van der Waals surface area contributed by atoms with E-state index in [2.05, 4.69) is 0 Å². The van der Waals surface area contributed by atoms with Gasteiger partial charge in [-0.15, -0.1) is 0 Å². The van der Waals surface area contributed by atoms with Gasteiger partial charge in [0, 0.05) is 0 Å². The fraction of sp³-hybridized carbons (Fsp3) is 0.500. The molecule has 0 saturated carbocycles. The van der Waals surface area contributed by atoms with Crippen LogP contribution in [0.15, 0.2) is 30.3 Å². The van der Waals surface area contributed by atoms with Crippen LogP contribution in [0.5, 0.6) is 0 Å². The fourth-order valence-electron chi connectivity index (χ4n) is 2.15. The number of Topliss-reactive ketones (excluding diaryl/α,β-unsaturated/α-hetero) is 1. The number of ketones is 1. The van der Waals surface area contributed by atoms with Gasteiger partial charge in [-0.3, -0.25) is 9.59 Å². The lowest BCUT2D eigenvalue weighted by Gasteiger charge is -2.32. The van der Waals surface area contributed by atoms with Crippen LogP contribution in [0.4, 0.5) is 0 Å². The summed E-state index contributed by atoms with van der Waals surface area (Å²) in [5, 5.41) is 0. The van der Waals surface area contributed by atoms with E-state index < -0.39 is 17.0 Å². The number of benzene rings is 1. The van der Waals surface area contributed by atoms with Crippen molar-refractivity contribution in [3.8, 4) is 0 Å². The van der Waals surface area contributed by atoms with Crippen LogP contribution in [0.2, 0.25) is 0 Å². The lowest BCUT2D eigenvalue weighted by molar-refractivity contribution is -0.164. The van der Waals surface area contributed by atoms with Crippen molar-refractivity contribution < 1.29 is 14.3 Å². The van der Waals surface area contributed by atoms with Crippen LogP contribution in [0.25, 0.3) is 0 Å². The summed E-state index contributed by atoms with van der Waals surface area (Å²) in [6.07, 6.45) is 0.390. The van der Waals surface area contributed by atoms with Crippen LogP contribution in [0.1, 0.15) is 46.6 Å². The van der Waals surface area contributed by atoms with Crippen molar-refractivity contribution in [2.24, 2.45) is 0 Å². The molecule has 0 N–H and O–H groups in total. The number of rotatable bonds is 4.